The van der Waals surface area contributed by atoms with Crippen molar-refractivity contribution in [3.63, 3.8) is 0 Å². The molecule has 0 amide bonds. The van der Waals surface area contributed by atoms with Gasteiger partial charge in [0.1, 0.15) is 17.5 Å². The summed E-state index contributed by atoms with van der Waals surface area (Å²) in [5.74, 6) is -1.60. The van der Waals surface area contributed by atoms with E-state index in [1.807, 2.05) is 0 Å². The van der Waals surface area contributed by atoms with Crippen molar-refractivity contribution in [1.29, 1.82) is 0 Å². The van der Waals surface area contributed by atoms with Gasteiger partial charge in [0, 0.05) is 5.56 Å². The topological polar surface area (TPSA) is 0 Å². The average Bonchev–Trinajstić information content (AvgIpc) is 2.33. The minimum Gasteiger partial charge on any atom is -0.207 e. The van der Waals surface area contributed by atoms with Gasteiger partial charge in [-0.1, -0.05) is 12.1 Å². The van der Waals surface area contributed by atoms with E-state index in [1.165, 1.54) is 25.1 Å². The van der Waals surface area contributed by atoms with Crippen molar-refractivity contribution in [2.75, 3.05) is 0 Å². The molecule has 2 rings (SSSR count). The number of benzene rings is 2. The molecular formula is C14H10ClF3. The highest BCUT2D eigenvalue weighted by Gasteiger charge is 2.17. The summed E-state index contributed by atoms with van der Waals surface area (Å²) in [5.41, 5.74) is 0.601. The highest BCUT2D eigenvalue weighted by molar-refractivity contribution is 6.22. The lowest BCUT2D eigenvalue weighted by Crippen LogP contribution is -2.00. The molecule has 0 heterocycles. The third kappa shape index (κ3) is 2.51. The fourth-order valence-corrected chi connectivity index (χ4v) is 2.00. The van der Waals surface area contributed by atoms with Crippen LogP contribution in [0.4, 0.5) is 13.2 Å². The summed E-state index contributed by atoms with van der Waals surface area (Å²) in [6.45, 7) is 1.47. The van der Waals surface area contributed by atoms with Gasteiger partial charge in [0.05, 0.1) is 5.38 Å². The maximum absolute atomic E-state index is 13.7. The van der Waals surface area contributed by atoms with Gasteiger partial charge in [-0.15, -0.1) is 11.6 Å². The van der Waals surface area contributed by atoms with Crippen molar-refractivity contribution >= 4 is 11.6 Å². The predicted octanol–water partition coefficient (Wildman–Crippen LogP) is 4.74. The Hall–Kier alpha value is -1.48. The number of halogens is 4. The van der Waals surface area contributed by atoms with Gasteiger partial charge < -0.3 is 0 Å². The number of rotatable bonds is 2. The Morgan fingerprint density at radius 3 is 2.39 bits per heavy atom. The van der Waals surface area contributed by atoms with Crippen LogP contribution in [0.1, 0.15) is 22.1 Å². The van der Waals surface area contributed by atoms with Gasteiger partial charge in [0.2, 0.25) is 0 Å². The quantitative estimate of drug-likeness (QED) is 0.692. The zero-order valence-electron chi connectivity index (χ0n) is 9.55. The van der Waals surface area contributed by atoms with Gasteiger partial charge in [-0.3, -0.25) is 0 Å². The Morgan fingerprint density at radius 2 is 1.72 bits per heavy atom. The van der Waals surface area contributed by atoms with Crippen molar-refractivity contribution in [3.05, 3.63) is 70.5 Å². The summed E-state index contributed by atoms with van der Waals surface area (Å²) in [6.07, 6.45) is 0. The smallest absolute Gasteiger partial charge is 0.128 e. The molecule has 1 atom stereocenters. The van der Waals surface area contributed by atoms with E-state index in [0.717, 1.165) is 12.1 Å². The molecule has 0 aromatic heterocycles. The van der Waals surface area contributed by atoms with Crippen molar-refractivity contribution in [2.45, 2.75) is 12.3 Å². The van der Waals surface area contributed by atoms with Crippen LogP contribution in [-0.4, -0.2) is 0 Å². The maximum atomic E-state index is 13.7. The predicted molar refractivity (Wildman–Crippen MR) is 65.2 cm³/mol. The van der Waals surface area contributed by atoms with Crippen LogP contribution in [0.2, 0.25) is 0 Å². The maximum Gasteiger partial charge on any atom is 0.128 e. The molecule has 0 fully saturated rings. The lowest BCUT2D eigenvalue weighted by Gasteiger charge is -2.12. The molecule has 0 aliphatic carbocycles. The van der Waals surface area contributed by atoms with E-state index in [0.29, 0.717) is 5.56 Å². The van der Waals surface area contributed by atoms with E-state index in [9.17, 15) is 13.2 Å². The summed E-state index contributed by atoms with van der Waals surface area (Å²) in [4.78, 5) is 0. The van der Waals surface area contributed by atoms with Crippen molar-refractivity contribution in [1.82, 2.24) is 0 Å². The molecule has 2 aromatic carbocycles. The van der Waals surface area contributed by atoms with E-state index in [1.54, 1.807) is 6.07 Å². The highest BCUT2D eigenvalue weighted by Crippen LogP contribution is 2.32. The number of alkyl halides is 1. The molecule has 0 N–H and O–H groups in total. The SMILES string of the molecule is Cc1cc(F)c(C(Cl)c2cccc(F)c2)cc1F. The molecule has 1 unspecified atom stereocenters. The van der Waals surface area contributed by atoms with Crippen LogP contribution in [0.3, 0.4) is 0 Å². The first kappa shape index (κ1) is 13.0. The summed E-state index contributed by atoms with van der Waals surface area (Å²) < 4.78 is 40.2. The van der Waals surface area contributed by atoms with Gasteiger partial charge >= 0.3 is 0 Å². The van der Waals surface area contributed by atoms with Gasteiger partial charge in [-0.25, -0.2) is 13.2 Å². The van der Waals surface area contributed by atoms with Crippen LogP contribution in [0.15, 0.2) is 36.4 Å². The van der Waals surface area contributed by atoms with Crippen LogP contribution in [0, 0.1) is 24.4 Å². The first-order chi connectivity index (χ1) is 8.49. The Labute approximate surface area is 108 Å². The summed E-state index contributed by atoms with van der Waals surface area (Å²) in [5, 5.41) is -0.921. The minimum absolute atomic E-state index is 0.00497. The summed E-state index contributed by atoms with van der Waals surface area (Å²) in [6, 6.07) is 7.64. The lowest BCUT2D eigenvalue weighted by atomic mass is 10.0. The van der Waals surface area contributed by atoms with Crippen LogP contribution in [-0.2, 0) is 0 Å². The van der Waals surface area contributed by atoms with E-state index >= 15 is 0 Å². The van der Waals surface area contributed by atoms with Gasteiger partial charge in [-0.2, -0.15) is 0 Å². The Kier molecular flexibility index (Phi) is 3.62. The third-order valence-electron chi connectivity index (χ3n) is 2.69. The van der Waals surface area contributed by atoms with Gasteiger partial charge in [0.25, 0.3) is 0 Å². The fraction of sp³-hybridized carbons (Fsp3) is 0.143. The molecule has 0 saturated carbocycles. The van der Waals surface area contributed by atoms with Crippen molar-refractivity contribution in [2.24, 2.45) is 0 Å². The zero-order chi connectivity index (χ0) is 13.3. The number of aryl methyl sites for hydroxylation is 1. The monoisotopic (exact) mass is 270 g/mol. The molecule has 0 spiro atoms. The molecule has 2 aromatic rings. The molecule has 0 aliphatic heterocycles. The molecule has 0 radical (unpaired) electrons. The van der Waals surface area contributed by atoms with E-state index in [-0.39, 0.29) is 11.1 Å². The number of hydrogen-bond acceptors (Lipinski definition) is 0. The summed E-state index contributed by atoms with van der Waals surface area (Å²) >= 11 is 6.06. The fourth-order valence-electron chi connectivity index (χ4n) is 1.70. The van der Waals surface area contributed by atoms with Crippen LogP contribution < -0.4 is 0 Å². The average molecular weight is 271 g/mol. The lowest BCUT2D eigenvalue weighted by molar-refractivity contribution is 0.580. The molecule has 18 heavy (non-hydrogen) atoms. The van der Waals surface area contributed by atoms with Crippen LogP contribution in [0.25, 0.3) is 0 Å². The molecule has 0 nitrogen and oxygen atoms in total. The van der Waals surface area contributed by atoms with Gasteiger partial charge in [0.15, 0.2) is 0 Å². The molecule has 4 heteroatoms. The summed E-state index contributed by atoms with van der Waals surface area (Å²) in [7, 11) is 0. The van der Waals surface area contributed by atoms with Crippen LogP contribution in [0.5, 0.6) is 0 Å². The Balaban J connectivity index is 2.46. The first-order valence-electron chi connectivity index (χ1n) is 5.34. The van der Waals surface area contributed by atoms with E-state index in [2.05, 4.69) is 0 Å². The van der Waals surface area contributed by atoms with Crippen LogP contribution >= 0.6 is 11.6 Å². The second-order valence-electron chi connectivity index (χ2n) is 4.04. The largest absolute Gasteiger partial charge is 0.207 e. The number of hydrogen-bond donors (Lipinski definition) is 0. The normalized spacial score (nSPS) is 12.5. The molecule has 0 aliphatic rings. The molecule has 0 bridgehead atoms. The van der Waals surface area contributed by atoms with Crippen molar-refractivity contribution in [3.8, 4) is 0 Å². The Morgan fingerprint density at radius 1 is 1.00 bits per heavy atom. The third-order valence-corrected chi connectivity index (χ3v) is 3.18. The second kappa shape index (κ2) is 5.02. The molecule has 94 valence electrons. The molecular weight excluding hydrogens is 261 g/mol. The van der Waals surface area contributed by atoms with E-state index in [4.69, 9.17) is 11.6 Å². The van der Waals surface area contributed by atoms with Crippen molar-refractivity contribution < 1.29 is 13.2 Å². The highest BCUT2D eigenvalue weighted by atomic mass is 35.5. The standard InChI is InChI=1S/C14H10ClF3/c1-8-5-13(18)11(7-12(8)17)14(15)9-3-2-4-10(16)6-9/h2-7,14H,1H3. The van der Waals surface area contributed by atoms with E-state index < -0.39 is 22.8 Å². The zero-order valence-corrected chi connectivity index (χ0v) is 10.3. The second-order valence-corrected chi connectivity index (χ2v) is 4.48. The Bertz CT molecular complexity index is 581. The first-order valence-corrected chi connectivity index (χ1v) is 5.78. The van der Waals surface area contributed by atoms with Gasteiger partial charge in [-0.05, 0) is 42.3 Å². The molecule has 0 saturated heterocycles. The minimum atomic E-state index is -0.921.